The number of rotatable bonds is 55. The summed E-state index contributed by atoms with van der Waals surface area (Å²) in [4.78, 5) is 258. The lowest BCUT2D eigenvalue weighted by molar-refractivity contribution is -0.366. The molecule has 4 fully saturated rings. The van der Waals surface area contributed by atoms with Gasteiger partial charge in [-0.1, -0.05) is 0 Å². The van der Waals surface area contributed by atoms with Gasteiger partial charge < -0.3 is 194 Å². The number of carboxylic acids is 6. The molecule has 0 saturated carbocycles. The Kier molecular flexibility index (Phi) is 48.7. The van der Waals surface area contributed by atoms with Gasteiger partial charge in [0.1, 0.15) is 183 Å². The smallest absolute Gasteiger partial charge is 0.326 e. The maximum absolute atomic E-state index is 14.5. The lowest BCUT2D eigenvalue weighted by Crippen LogP contribution is -2.72. The molecule has 4 saturated heterocycles. The molecule has 58 nitrogen and oxygen atoms in total. The second-order valence-electron chi connectivity index (χ2n) is 31.7. The van der Waals surface area contributed by atoms with E-state index in [9.17, 15) is 157 Å². The summed E-state index contributed by atoms with van der Waals surface area (Å²) >= 11 is 1.56. The Morgan fingerprint density at radius 2 is 0.721 bits per heavy atom. The number of esters is 1. The summed E-state index contributed by atoms with van der Waals surface area (Å²) in [5.41, 5.74) is 11.1. The molecule has 0 aliphatic carbocycles. The van der Waals surface area contributed by atoms with E-state index in [4.69, 9.17) is 63.9 Å². The highest BCUT2D eigenvalue weighted by molar-refractivity contribution is 7.99. The number of aliphatic carboxylic acids is 6. The molecule has 770 valence electrons. The summed E-state index contributed by atoms with van der Waals surface area (Å²) in [6.45, 7) is 5.79. The van der Waals surface area contributed by atoms with Crippen LogP contribution in [0, 0.1) is 0 Å². The number of thioether (sulfide) groups is 2. The van der Waals surface area contributed by atoms with Gasteiger partial charge in [0, 0.05) is 70.5 Å². The van der Waals surface area contributed by atoms with Crippen molar-refractivity contribution >= 4 is 142 Å². The van der Waals surface area contributed by atoms with Gasteiger partial charge in [-0.25, -0.2) is 9.59 Å². The number of hydrogen-bond acceptors (Lipinski definition) is 41. The minimum atomic E-state index is -2.34. The summed E-state index contributed by atoms with van der Waals surface area (Å²) < 4.78 is 61.5. The molecule has 4 aliphatic rings. The van der Waals surface area contributed by atoms with Crippen LogP contribution in [0.4, 0.5) is 0 Å². The Labute approximate surface area is 782 Å². The van der Waals surface area contributed by atoms with Crippen LogP contribution in [-0.4, -0.2) is 436 Å². The van der Waals surface area contributed by atoms with Crippen molar-refractivity contribution in [2.24, 2.45) is 11.5 Å². The summed E-state index contributed by atoms with van der Waals surface area (Å²) in [5.74, 6) is -25.5. The first kappa shape index (κ1) is 118. The minimum Gasteiger partial charge on any atom is -0.480 e. The molecule has 136 heavy (non-hydrogen) atoms. The van der Waals surface area contributed by atoms with Crippen molar-refractivity contribution in [3.05, 3.63) is 0 Å². The van der Waals surface area contributed by atoms with E-state index in [2.05, 4.69) is 63.8 Å². The zero-order valence-electron chi connectivity index (χ0n) is 75.2. The van der Waals surface area contributed by atoms with Crippen molar-refractivity contribution in [2.75, 3.05) is 56.0 Å². The molecule has 4 rings (SSSR count). The fraction of sp³-hybridized carbons (Fsp3) is 0.737. The largest absolute Gasteiger partial charge is 0.480 e. The lowest BCUT2D eigenvalue weighted by atomic mass is 9.92. The van der Waals surface area contributed by atoms with Gasteiger partial charge in [0.15, 0.2) is 25.2 Å². The molecule has 60 heteroatoms. The maximum atomic E-state index is 14.5. The first-order chi connectivity index (χ1) is 63.6. The number of nitrogens with two attached hydrogens (primary N) is 2. The third-order valence-corrected chi connectivity index (χ3v) is 22.9. The van der Waals surface area contributed by atoms with Gasteiger partial charge in [-0.05, 0) is 54.4 Å². The van der Waals surface area contributed by atoms with Gasteiger partial charge in [-0.2, -0.15) is 23.5 Å². The summed E-state index contributed by atoms with van der Waals surface area (Å²) in [7, 11) is 0. The molecular formula is C76H121N15O43S2. The molecule has 32 unspecified atom stereocenters. The predicted octanol–water partition coefficient (Wildman–Crippen LogP) is -14.5. The number of amides is 13. The van der Waals surface area contributed by atoms with Crippen molar-refractivity contribution < 1.29 is 210 Å². The highest BCUT2D eigenvalue weighted by Gasteiger charge is 2.59. The van der Waals surface area contributed by atoms with Gasteiger partial charge in [0.2, 0.25) is 76.8 Å². The highest BCUT2D eigenvalue weighted by Crippen LogP contribution is 2.37. The van der Waals surface area contributed by atoms with Gasteiger partial charge >= 0.3 is 41.8 Å². The number of aliphatic hydroxyl groups excluding tert-OH is 7. The lowest BCUT2D eigenvalue weighted by Gasteiger charge is -2.52. The van der Waals surface area contributed by atoms with E-state index in [0.29, 0.717) is 0 Å². The van der Waals surface area contributed by atoms with Crippen molar-refractivity contribution in [2.45, 2.75) is 297 Å². The molecule has 13 amide bonds. The second kappa shape index (κ2) is 56.3. The van der Waals surface area contributed by atoms with Gasteiger partial charge in [-0.15, -0.1) is 0 Å². The van der Waals surface area contributed by atoms with E-state index in [1.807, 2.05) is 5.32 Å². The van der Waals surface area contributed by atoms with Crippen molar-refractivity contribution in [3.8, 4) is 0 Å². The molecule has 4 heterocycles. The first-order valence-corrected chi connectivity index (χ1v) is 44.2. The third-order valence-electron chi connectivity index (χ3n) is 20.5. The quantitative estimate of drug-likeness (QED) is 0.0251. The highest BCUT2D eigenvalue weighted by atomic mass is 32.2. The summed E-state index contributed by atoms with van der Waals surface area (Å²) in [6, 6.07) is -24.0. The van der Waals surface area contributed by atoms with E-state index in [1.165, 1.54) is 6.92 Å². The maximum Gasteiger partial charge on any atom is 0.326 e. The van der Waals surface area contributed by atoms with Crippen LogP contribution in [-0.2, 0) is 143 Å². The molecule has 32 atom stereocenters. The molecular weight excluding hydrogens is 1880 g/mol. The number of carboxylic acid groups (broad SMARTS) is 6. The summed E-state index contributed by atoms with van der Waals surface area (Å²) in [6.07, 6.45) is -39.7. The van der Waals surface area contributed by atoms with Crippen LogP contribution < -0.4 is 80.6 Å². The zero-order valence-corrected chi connectivity index (χ0v) is 76.8. The third kappa shape index (κ3) is 37.0. The normalized spacial score (nSPS) is 27.4. The minimum absolute atomic E-state index is 0.284. The van der Waals surface area contributed by atoms with Gasteiger partial charge in [0.25, 0.3) is 0 Å². The van der Waals surface area contributed by atoms with Crippen LogP contribution in [0.15, 0.2) is 0 Å². The molecule has 0 aromatic rings. The van der Waals surface area contributed by atoms with Crippen LogP contribution in [0.25, 0.3) is 0 Å². The van der Waals surface area contributed by atoms with E-state index in [0.717, 1.165) is 92.8 Å². The van der Waals surface area contributed by atoms with Crippen molar-refractivity contribution in [3.63, 3.8) is 0 Å². The predicted molar refractivity (Wildman–Crippen MR) is 453 cm³/mol. The topological polar surface area (TPSA) is 905 Å². The van der Waals surface area contributed by atoms with Crippen LogP contribution >= 0.6 is 23.5 Å². The Morgan fingerprint density at radius 1 is 0.360 bits per heavy atom. The summed E-state index contributed by atoms with van der Waals surface area (Å²) in [5, 5.41) is 166. The van der Waals surface area contributed by atoms with Crippen molar-refractivity contribution in [1.82, 2.24) is 69.1 Å². The number of ether oxygens (including phenoxy) is 10. The SMILES string of the molecule is CC(=O)NC1C(OC2C(COC(C)=O)OC(OC3C(CO)OC(OC4C(CO)OC(O)C(NC(C)=O)C4OC(C)C(=O)NC(C)C(=O)NC(CCC(=O)NC(CSCC(N)C(=O)O)C(=O)NC(C)C(=O)NCC(=O)O)C(=O)O)C(NC(C)=O)C3O)C(NC(C)=O)C2OC(C)C(=O)NC(C)C(=O)NC(CCC(=O)NC(CSCC(N)C(=O)O)C(=O)NC(C)C(=O)O)C(=O)O)OC(CO)C(O)C1O. The Bertz CT molecular complexity index is 4170. The number of nitrogens with one attached hydrogen (secondary N) is 13. The Hall–Kier alpha value is -10.6. The molecule has 4 aliphatic heterocycles. The monoisotopic (exact) mass is 2000 g/mol. The number of aliphatic hydroxyl groups is 7. The average Bonchev–Trinajstić information content (AvgIpc) is 0.752. The van der Waals surface area contributed by atoms with Crippen LogP contribution in [0.3, 0.4) is 0 Å². The second-order valence-corrected chi connectivity index (χ2v) is 33.8. The molecule has 0 aromatic carbocycles. The molecule has 0 aromatic heterocycles. The fourth-order valence-electron chi connectivity index (χ4n) is 13.4. The zero-order chi connectivity index (χ0) is 103. The molecule has 30 N–H and O–H groups in total. The first-order valence-electron chi connectivity index (χ1n) is 41.9. The average molecular weight is 2000 g/mol. The Balaban J connectivity index is 1.73. The Morgan fingerprint density at radius 3 is 1.12 bits per heavy atom. The van der Waals surface area contributed by atoms with E-state index in [-0.39, 0.29) is 23.0 Å². The fourth-order valence-corrected chi connectivity index (χ4v) is 15.4. The van der Waals surface area contributed by atoms with Crippen LogP contribution in [0.1, 0.15) is 102 Å². The van der Waals surface area contributed by atoms with E-state index >= 15 is 0 Å². The number of carbonyl (C=O) groups excluding carboxylic acids is 14. The molecule has 0 bridgehead atoms. The number of hydrogen-bond donors (Lipinski definition) is 28. The van der Waals surface area contributed by atoms with E-state index < -0.39 is 372 Å². The van der Waals surface area contributed by atoms with E-state index in [1.54, 1.807) is 0 Å². The molecule has 0 spiro atoms. The van der Waals surface area contributed by atoms with Gasteiger partial charge in [-0.3, -0.25) is 86.3 Å². The van der Waals surface area contributed by atoms with Crippen LogP contribution in [0.5, 0.6) is 0 Å². The van der Waals surface area contributed by atoms with Crippen molar-refractivity contribution in [1.29, 1.82) is 0 Å². The molecule has 0 radical (unpaired) electrons. The number of carbonyl (C=O) groups is 20. The van der Waals surface area contributed by atoms with Gasteiger partial charge in [0.05, 0.1) is 19.8 Å². The van der Waals surface area contributed by atoms with Crippen LogP contribution in [0.2, 0.25) is 0 Å². The standard InChI is InChI=1S/C76H121N15O43S2/c1-25(61(107)79-16-48(102)103)82-66(112)40(23-135-21-36(77)69(116)117)88-46(100)14-12-38(71(120)121)90-62(108)26(2)80-64(110)29(5)126-59-51(86-33(9)97)73(124)128-44(19-94)57(59)133-75-50(85-32(8)96)55(106)56(43(18-93)130-75)132-76-52(87-34(10)98)60(58(45(131-76)20-125-35(11)99)134-74-49(84-31(7)95)54(105)53(104)42(17-92)129-74)127-30(6)65(111)81-27(3)63(109)91-39(72(122)123)13-15-47(101)89-41(24-136-22-37(78)70(118)119)67(113)83-28(4)68(114)115/h25-30,36-45,49-60,73-76,92-94,104-106,124H,12-24,77-78H2,1-11H3,(H,79,107)(H,80,110)(H,81,111)(H,82,112)(H,83,113)(H,84,95)(H,85,96)(H,86,97)(H,87,98)(H,88,100)(H,89,101)(H,90,108)(H,91,109)(H,102,103)(H,114,115)(H,116,117)(H,118,119)(H,120,121)(H,122,123).